The van der Waals surface area contributed by atoms with Gasteiger partial charge in [-0.1, -0.05) is 36.4 Å². The van der Waals surface area contributed by atoms with Crippen LogP contribution in [0.3, 0.4) is 0 Å². The van der Waals surface area contributed by atoms with Crippen molar-refractivity contribution in [1.82, 2.24) is 0 Å². The summed E-state index contributed by atoms with van der Waals surface area (Å²) < 4.78 is 0. The Bertz CT molecular complexity index is 581. The van der Waals surface area contributed by atoms with E-state index < -0.39 is 6.09 Å². The Hall–Kier alpha value is -3.53. The first-order valence-electron chi connectivity index (χ1n) is 5.83. The Morgan fingerprint density at radius 3 is 1.32 bits per heavy atom. The second-order valence-corrected chi connectivity index (χ2v) is 3.49. The summed E-state index contributed by atoms with van der Waals surface area (Å²) >= 11 is 0. The molecule has 0 spiro atoms. The topological polar surface area (TPSA) is 122 Å². The van der Waals surface area contributed by atoms with Crippen LogP contribution in [0.4, 0.5) is 16.2 Å². The molecule has 0 aromatic heterocycles. The summed E-state index contributed by atoms with van der Waals surface area (Å²) in [7, 11) is 0. The van der Waals surface area contributed by atoms with Crippen LogP contribution in [0.1, 0.15) is 0 Å². The summed E-state index contributed by atoms with van der Waals surface area (Å²) in [4.78, 5) is 29.2. The molecular formula is C15H13N3O4. The third-order valence-corrected chi connectivity index (χ3v) is 2.22. The van der Waals surface area contributed by atoms with Crippen LogP contribution < -0.4 is 4.90 Å². The molecule has 0 saturated heterocycles. The van der Waals surface area contributed by atoms with Gasteiger partial charge in [0, 0.05) is 0 Å². The molecule has 0 heterocycles. The number of nitrogens with zero attached hydrogens (tertiary/aromatic N) is 1. The van der Waals surface area contributed by atoms with Crippen molar-refractivity contribution in [1.29, 1.82) is 10.8 Å². The molecule has 0 unspecified atom stereocenters. The highest BCUT2D eigenvalue weighted by Gasteiger charge is 2.15. The number of hydrogen-bond donors (Lipinski definition) is 3. The van der Waals surface area contributed by atoms with Gasteiger partial charge in [-0.05, 0) is 24.3 Å². The van der Waals surface area contributed by atoms with Crippen LogP contribution in [0.15, 0.2) is 60.7 Å². The second kappa shape index (κ2) is 11.3. The van der Waals surface area contributed by atoms with E-state index in [2.05, 4.69) is 0 Å². The number of carboxylic acid groups (broad SMARTS) is 1. The molecule has 0 atom stereocenters. The number of carbonyl (C=O) groups excluding carboxylic acids is 2. The van der Waals surface area contributed by atoms with Crippen LogP contribution in [0.2, 0.25) is 0 Å². The minimum Gasteiger partial charge on any atom is -0.464 e. The molecule has 0 aliphatic heterocycles. The Balaban J connectivity index is 0.000000639. The highest BCUT2D eigenvalue weighted by Crippen LogP contribution is 2.24. The van der Waals surface area contributed by atoms with Gasteiger partial charge in [0.05, 0.1) is 11.4 Å². The fourth-order valence-corrected chi connectivity index (χ4v) is 1.52. The lowest BCUT2D eigenvalue weighted by molar-refractivity contribution is 0.205. The SMILES string of the molecule is N=C=O.N=C=O.O=C(O)N(c1ccccc1)c1ccccc1. The Morgan fingerprint density at radius 1 is 0.818 bits per heavy atom. The van der Waals surface area contributed by atoms with Gasteiger partial charge in [0.25, 0.3) is 0 Å². The van der Waals surface area contributed by atoms with Gasteiger partial charge in [-0.25, -0.2) is 30.1 Å². The molecule has 2 aromatic rings. The number of anilines is 2. The number of rotatable bonds is 2. The first-order valence-corrected chi connectivity index (χ1v) is 5.83. The Labute approximate surface area is 126 Å². The Morgan fingerprint density at radius 2 is 1.09 bits per heavy atom. The summed E-state index contributed by atoms with van der Waals surface area (Å²) in [6.07, 6.45) is 0.511. The van der Waals surface area contributed by atoms with Crippen molar-refractivity contribution in [2.75, 3.05) is 4.90 Å². The molecule has 2 aromatic carbocycles. The van der Waals surface area contributed by atoms with E-state index in [0.717, 1.165) is 12.2 Å². The van der Waals surface area contributed by atoms with E-state index in [0.29, 0.717) is 11.4 Å². The third-order valence-electron chi connectivity index (χ3n) is 2.22. The molecule has 0 bridgehead atoms. The van der Waals surface area contributed by atoms with Crippen LogP contribution in [0.25, 0.3) is 0 Å². The largest absolute Gasteiger partial charge is 0.464 e. The van der Waals surface area contributed by atoms with Gasteiger partial charge in [-0.3, -0.25) is 0 Å². The first-order chi connectivity index (χ1) is 10.6. The molecule has 2 rings (SSSR count). The molecule has 0 aliphatic carbocycles. The molecule has 22 heavy (non-hydrogen) atoms. The molecule has 7 heteroatoms. The molecule has 0 fully saturated rings. The molecule has 112 valence electrons. The molecule has 0 radical (unpaired) electrons. The van der Waals surface area contributed by atoms with Gasteiger partial charge < -0.3 is 5.11 Å². The van der Waals surface area contributed by atoms with Crippen molar-refractivity contribution in [2.45, 2.75) is 0 Å². The minimum absolute atomic E-state index is 0.640. The van der Waals surface area contributed by atoms with Crippen LogP contribution >= 0.6 is 0 Å². The lowest BCUT2D eigenvalue weighted by Gasteiger charge is -2.18. The predicted molar refractivity (Wildman–Crippen MR) is 79.9 cm³/mol. The summed E-state index contributed by atoms with van der Waals surface area (Å²) in [6, 6.07) is 18.0. The van der Waals surface area contributed by atoms with Gasteiger partial charge in [0.15, 0.2) is 0 Å². The van der Waals surface area contributed by atoms with Crippen molar-refractivity contribution in [3.05, 3.63) is 60.7 Å². The van der Waals surface area contributed by atoms with E-state index in [4.69, 9.17) is 20.4 Å². The van der Waals surface area contributed by atoms with E-state index in [1.165, 1.54) is 4.90 Å². The minimum atomic E-state index is -0.989. The van der Waals surface area contributed by atoms with Crippen LogP contribution in [0, 0.1) is 10.8 Å². The van der Waals surface area contributed by atoms with Crippen LogP contribution in [-0.4, -0.2) is 23.4 Å². The highest BCUT2D eigenvalue weighted by molar-refractivity contribution is 5.94. The number of carbonyl (C=O) groups is 1. The van der Waals surface area contributed by atoms with E-state index in [-0.39, 0.29) is 0 Å². The normalized spacial score (nSPS) is 7.82. The van der Waals surface area contributed by atoms with E-state index >= 15 is 0 Å². The first kappa shape index (κ1) is 18.5. The standard InChI is InChI=1S/C13H11NO2.2CHNO/c15-13(16)14(11-7-3-1-4-8-11)12-9-5-2-6-10-12;2*2-1-3/h1-10H,(H,15,16);2*2H. The molecule has 1 amide bonds. The number of amides is 1. The zero-order valence-electron chi connectivity index (χ0n) is 11.4. The molecule has 3 N–H and O–H groups in total. The fraction of sp³-hybridized carbons (Fsp3) is 0. The van der Waals surface area contributed by atoms with E-state index in [1.807, 2.05) is 36.4 Å². The van der Waals surface area contributed by atoms with Crippen molar-refractivity contribution in [2.24, 2.45) is 0 Å². The lowest BCUT2D eigenvalue weighted by atomic mass is 10.2. The third kappa shape index (κ3) is 6.58. The van der Waals surface area contributed by atoms with Gasteiger partial charge in [0.1, 0.15) is 0 Å². The van der Waals surface area contributed by atoms with E-state index in [9.17, 15) is 9.90 Å². The van der Waals surface area contributed by atoms with Crippen molar-refractivity contribution in [3.8, 4) is 0 Å². The zero-order chi connectivity index (χ0) is 16.8. The summed E-state index contributed by atoms with van der Waals surface area (Å²) in [5, 5.41) is 20.0. The summed E-state index contributed by atoms with van der Waals surface area (Å²) in [5.41, 5.74) is 1.28. The second-order valence-electron chi connectivity index (χ2n) is 3.49. The number of para-hydroxylation sites is 2. The number of nitrogens with one attached hydrogen (secondary N) is 2. The van der Waals surface area contributed by atoms with Gasteiger partial charge >= 0.3 is 6.09 Å². The summed E-state index contributed by atoms with van der Waals surface area (Å²) in [5.74, 6) is 0. The molecule has 0 saturated carbocycles. The van der Waals surface area contributed by atoms with Crippen molar-refractivity contribution < 1.29 is 19.5 Å². The Kier molecular flexibility index (Phi) is 9.49. The maximum atomic E-state index is 11.2. The molecular weight excluding hydrogens is 286 g/mol. The van der Waals surface area contributed by atoms with Gasteiger partial charge in [0.2, 0.25) is 12.2 Å². The van der Waals surface area contributed by atoms with E-state index in [1.54, 1.807) is 24.3 Å². The zero-order valence-corrected chi connectivity index (χ0v) is 11.4. The molecule has 7 nitrogen and oxygen atoms in total. The predicted octanol–water partition coefficient (Wildman–Crippen LogP) is 3.30. The average Bonchev–Trinajstić information content (AvgIpc) is 2.51. The van der Waals surface area contributed by atoms with Crippen LogP contribution in [-0.2, 0) is 9.59 Å². The quantitative estimate of drug-likeness (QED) is 0.581. The van der Waals surface area contributed by atoms with Crippen molar-refractivity contribution >= 4 is 29.6 Å². The van der Waals surface area contributed by atoms with Crippen molar-refractivity contribution in [3.63, 3.8) is 0 Å². The lowest BCUT2D eigenvalue weighted by Crippen LogP contribution is -2.23. The van der Waals surface area contributed by atoms with Gasteiger partial charge in [-0.2, -0.15) is 0 Å². The number of benzene rings is 2. The number of hydrogen-bond acceptors (Lipinski definition) is 5. The molecule has 0 aliphatic rings. The maximum Gasteiger partial charge on any atom is 0.416 e. The fourth-order valence-electron chi connectivity index (χ4n) is 1.52. The monoisotopic (exact) mass is 299 g/mol. The smallest absolute Gasteiger partial charge is 0.416 e. The van der Waals surface area contributed by atoms with Crippen LogP contribution in [0.5, 0.6) is 0 Å². The highest BCUT2D eigenvalue weighted by atomic mass is 16.4. The average molecular weight is 299 g/mol. The maximum absolute atomic E-state index is 11.2. The summed E-state index contributed by atoms with van der Waals surface area (Å²) in [6.45, 7) is 0. The van der Waals surface area contributed by atoms with Gasteiger partial charge in [-0.15, -0.1) is 0 Å². The number of isocyanates is 2.